The minimum absolute atomic E-state index is 0.137. The number of pyridine rings is 1. The van der Waals surface area contributed by atoms with Gasteiger partial charge in [0.1, 0.15) is 17.4 Å². The zero-order valence-electron chi connectivity index (χ0n) is 29.8. The summed E-state index contributed by atoms with van der Waals surface area (Å²) in [6.07, 6.45) is 9.11. The lowest BCUT2D eigenvalue weighted by molar-refractivity contribution is -0.136. The molecule has 14 heteroatoms. The summed E-state index contributed by atoms with van der Waals surface area (Å²) in [6.45, 7) is 6.18. The van der Waals surface area contributed by atoms with Crippen LogP contribution in [0.25, 0.3) is 33.2 Å². The number of nitrogens with two attached hydrogens (primary N) is 1. The molecule has 3 aliphatic heterocycles. The molecule has 278 valence electrons. The second-order valence-corrected chi connectivity index (χ2v) is 15.6. The molecular formula is C40H41ClN8O5. The highest BCUT2D eigenvalue weighted by molar-refractivity contribution is 6.35. The number of hydrogen-bond donors (Lipinski definition) is 2. The number of amides is 3. The molecule has 3 fully saturated rings. The predicted molar refractivity (Wildman–Crippen MR) is 205 cm³/mol. The van der Waals surface area contributed by atoms with E-state index >= 15 is 0 Å². The number of carbonyl (C=O) groups is 3. The summed E-state index contributed by atoms with van der Waals surface area (Å²) < 4.78 is 8.01. The number of nitrogen functional groups attached to an aromatic ring is 1. The highest BCUT2D eigenvalue weighted by atomic mass is 35.5. The van der Waals surface area contributed by atoms with Gasteiger partial charge in [-0.15, -0.1) is 0 Å². The lowest BCUT2D eigenvalue weighted by Crippen LogP contribution is -2.52. The van der Waals surface area contributed by atoms with Gasteiger partial charge in [0.25, 0.3) is 5.91 Å². The smallest absolute Gasteiger partial charge is 0.255 e. The van der Waals surface area contributed by atoms with Gasteiger partial charge in [0.05, 0.1) is 16.6 Å². The molecule has 54 heavy (non-hydrogen) atoms. The quantitative estimate of drug-likeness (QED) is 0.174. The number of halogens is 1. The number of imide groups is 1. The lowest BCUT2D eigenvalue weighted by atomic mass is 9.81. The fourth-order valence-electron chi connectivity index (χ4n) is 8.80. The number of piperidine rings is 1. The van der Waals surface area contributed by atoms with Crippen LogP contribution in [-0.4, -0.2) is 81.1 Å². The van der Waals surface area contributed by atoms with Crippen LogP contribution in [-0.2, 0) is 22.7 Å². The second kappa shape index (κ2) is 13.9. The van der Waals surface area contributed by atoms with Crippen LogP contribution in [0, 0.1) is 11.8 Å². The van der Waals surface area contributed by atoms with Gasteiger partial charge in [0, 0.05) is 80.8 Å². The molecule has 4 aliphatic rings. The van der Waals surface area contributed by atoms with Gasteiger partial charge in [-0.2, -0.15) is 5.10 Å². The topological polar surface area (TPSA) is 160 Å². The van der Waals surface area contributed by atoms with Gasteiger partial charge < -0.3 is 20.0 Å². The van der Waals surface area contributed by atoms with Crippen LogP contribution in [0.2, 0.25) is 5.02 Å². The van der Waals surface area contributed by atoms with Crippen molar-refractivity contribution in [2.24, 2.45) is 11.8 Å². The standard InChI is InChI=1S/C40H41ClN8O5/c41-30-2-1-3-32-35(30)37(51)36-33(54-32)17-29(38(42)45-36)26-18-43-48(21-26)20-24-6-4-23(5-7-24)19-46-12-14-47(15-13-46)27-8-9-28-25(16-27)22-49(40(28)53)31-10-11-34(50)44-39(31)52/h1-3,8-9,16-18,21,23-24,31H,4-7,10-15,19-20,22H2,(H2,42,45)(H,44,50,52)/t23-,24-,31?. The number of benzene rings is 2. The van der Waals surface area contributed by atoms with Gasteiger partial charge in [-0.25, -0.2) is 4.98 Å². The monoisotopic (exact) mass is 748 g/mol. The molecule has 0 radical (unpaired) electrons. The Labute approximate surface area is 316 Å². The number of fused-ring (bicyclic) bond motifs is 3. The van der Waals surface area contributed by atoms with Gasteiger partial charge in [-0.1, -0.05) is 17.7 Å². The zero-order valence-corrected chi connectivity index (χ0v) is 30.6. The Morgan fingerprint density at radius 3 is 2.44 bits per heavy atom. The van der Waals surface area contributed by atoms with E-state index in [0.29, 0.717) is 57.5 Å². The Balaban J connectivity index is 0.763. The van der Waals surface area contributed by atoms with Crippen molar-refractivity contribution in [3.8, 4) is 11.1 Å². The van der Waals surface area contributed by atoms with Gasteiger partial charge in [0.15, 0.2) is 11.1 Å². The Morgan fingerprint density at radius 2 is 1.67 bits per heavy atom. The van der Waals surface area contributed by atoms with Crippen LogP contribution in [0.5, 0.6) is 0 Å². The highest BCUT2D eigenvalue weighted by Gasteiger charge is 2.39. The third-order valence-corrected chi connectivity index (χ3v) is 12.1. The molecule has 5 aromatic rings. The van der Waals surface area contributed by atoms with Gasteiger partial charge in [-0.05, 0) is 85.9 Å². The van der Waals surface area contributed by atoms with Crippen molar-refractivity contribution >= 4 is 62.9 Å². The van der Waals surface area contributed by atoms with Crippen molar-refractivity contribution in [1.29, 1.82) is 0 Å². The van der Waals surface area contributed by atoms with Crippen LogP contribution in [0.4, 0.5) is 11.5 Å². The maximum absolute atomic E-state index is 13.1. The van der Waals surface area contributed by atoms with Crippen molar-refractivity contribution < 1.29 is 18.8 Å². The van der Waals surface area contributed by atoms with Crippen LogP contribution in [0.15, 0.2) is 64.1 Å². The van der Waals surface area contributed by atoms with Crippen LogP contribution < -0.4 is 21.4 Å². The first kappa shape index (κ1) is 34.5. The van der Waals surface area contributed by atoms with E-state index in [2.05, 4.69) is 31.3 Å². The van der Waals surface area contributed by atoms with Crippen molar-refractivity contribution in [1.82, 2.24) is 29.9 Å². The third-order valence-electron chi connectivity index (χ3n) is 11.8. The Morgan fingerprint density at radius 1 is 0.889 bits per heavy atom. The average molecular weight is 749 g/mol. The molecule has 0 spiro atoms. The van der Waals surface area contributed by atoms with Gasteiger partial charge >= 0.3 is 0 Å². The first-order valence-corrected chi connectivity index (χ1v) is 19.2. The SMILES string of the molecule is Nc1nc2c(=O)c3c(Cl)cccc3oc2cc1-c1cnn(C[C@H]2CC[C@H](CN3CCN(c4ccc5c(c4)CN(C4CCC(=O)NC4=O)C5=O)CC3)CC2)c1. The first-order chi connectivity index (χ1) is 26.2. The third kappa shape index (κ3) is 6.38. The summed E-state index contributed by atoms with van der Waals surface area (Å²) in [6, 6.07) is 12.3. The highest BCUT2D eigenvalue weighted by Crippen LogP contribution is 2.34. The molecule has 3 amide bonds. The number of nitrogens with one attached hydrogen (secondary N) is 1. The number of aromatic nitrogens is 3. The summed E-state index contributed by atoms with van der Waals surface area (Å²) >= 11 is 6.27. The minimum atomic E-state index is -0.599. The Kier molecular flexibility index (Phi) is 8.85. The van der Waals surface area contributed by atoms with E-state index in [-0.39, 0.29) is 40.9 Å². The summed E-state index contributed by atoms with van der Waals surface area (Å²) in [5, 5.41) is 7.64. The Hall–Kier alpha value is -5.27. The van der Waals surface area contributed by atoms with Crippen LogP contribution >= 0.6 is 11.6 Å². The minimum Gasteiger partial charge on any atom is -0.454 e. The fraction of sp³-hybridized carbons (Fsp3) is 0.400. The molecule has 3 aromatic heterocycles. The maximum atomic E-state index is 13.1. The van der Waals surface area contributed by atoms with E-state index in [1.807, 2.05) is 23.0 Å². The zero-order chi connectivity index (χ0) is 37.1. The summed E-state index contributed by atoms with van der Waals surface area (Å²) in [4.78, 5) is 61.3. The number of nitrogens with zero attached hydrogens (tertiary/aromatic N) is 6. The normalized spacial score (nSPS) is 22.3. The maximum Gasteiger partial charge on any atom is 0.255 e. The molecule has 1 saturated carbocycles. The second-order valence-electron chi connectivity index (χ2n) is 15.2. The Bertz CT molecular complexity index is 2380. The van der Waals surface area contributed by atoms with E-state index in [1.54, 1.807) is 35.4 Å². The van der Waals surface area contributed by atoms with E-state index < -0.39 is 6.04 Å². The molecular weight excluding hydrogens is 708 g/mol. The van der Waals surface area contributed by atoms with Crippen molar-refractivity contribution in [2.75, 3.05) is 43.4 Å². The molecule has 2 aromatic carbocycles. The number of anilines is 2. The molecule has 2 saturated heterocycles. The molecule has 1 aliphatic carbocycles. The number of rotatable bonds is 7. The fourth-order valence-corrected chi connectivity index (χ4v) is 9.05. The molecule has 13 nitrogen and oxygen atoms in total. The predicted octanol–water partition coefficient (Wildman–Crippen LogP) is 4.83. The molecule has 6 heterocycles. The first-order valence-electron chi connectivity index (χ1n) is 18.8. The summed E-state index contributed by atoms with van der Waals surface area (Å²) in [5.41, 5.74) is 11.2. The molecule has 3 N–H and O–H groups in total. The molecule has 0 bridgehead atoms. The average Bonchev–Trinajstić information content (AvgIpc) is 3.76. The van der Waals surface area contributed by atoms with E-state index in [1.165, 1.54) is 12.8 Å². The molecule has 9 rings (SSSR count). The molecule has 1 unspecified atom stereocenters. The number of hydrogen-bond acceptors (Lipinski definition) is 10. The van der Waals surface area contributed by atoms with E-state index in [0.717, 1.165) is 68.9 Å². The van der Waals surface area contributed by atoms with Gasteiger partial charge in [0.2, 0.25) is 17.2 Å². The molecule has 1 atom stereocenters. The number of carbonyl (C=O) groups excluding carboxylic acids is 3. The van der Waals surface area contributed by atoms with E-state index in [9.17, 15) is 19.2 Å². The summed E-state index contributed by atoms with van der Waals surface area (Å²) in [5.74, 6) is 0.662. The van der Waals surface area contributed by atoms with Crippen molar-refractivity contribution in [3.05, 3.63) is 81.2 Å². The number of piperazine rings is 1. The van der Waals surface area contributed by atoms with E-state index in [4.69, 9.17) is 21.8 Å². The van der Waals surface area contributed by atoms with Crippen molar-refractivity contribution in [2.45, 2.75) is 57.7 Å². The van der Waals surface area contributed by atoms with Crippen LogP contribution in [0.3, 0.4) is 0 Å². The van der Waals surface area contributed by atoms with Gasteiger partial charge in [-0.3, -0.25) is 34.1 Å². The lowest BCUT2D eigenvalue weighted by Gasteiger charge is -2.39. The van der Waals surface area contributed by atoms with Crippen LogP contribution in [0.1, 0.15) is 54.4 Å². The largest absolute Gasteiger partial charge is 0.454 e. The van der Waals surface area contributed by atoms with Crippen molar-refractivity contribution in [3.63, 3.8) is 0 Å². The summed E-state index contributed by atoms with van der Waals surface area (Å²) in [7, 11) is 0.